The molecule has 3 N–H and O–H groups in total. The van der Waals surface area contributed by atoms with Crippen molar-refractivity contribution in [2.75, 3.05) is 5.73 Å². The lowest BCUT2D eigenvalue weighted by Gasteiger charge is -1.97. The van der Waals surface area contributed by atoms with Crippen molar-refractivity contribution < 1.29 is 5.11 Å². The number of aliphatic hydroxyl groups is 1. The highest BCUT2D eigenvalue weighted by Crippen LogP contribution is 2.34. The molecule has 0 fully saturated rings. The normalized spacial score (nSPS) is 11.0. The van der Waals surface area contributed by atoms with E-state index in [1.807, 2.05) is 6.07 Å². The molecule has 14 heavy (non-hydrogen) atoms. The second kappa shape index (κ2) is 3.59. The zero-order chi connectivity index (χ0) is 10.1. The summed E-state index contributed by atoms with van der Waals surface area (Å²) < 4.78 is 1.17. The molecule has 0 aliphatic heterocycles. The van der Waals surface area contributed by atoms with Gasteiger partial charge in [0.2, 0.25) is 0 Å². The van der Waals surface area contributed by atoms with Gasteiger partial charge in [-0.1, -0.05) is 19.1 Å². The second-order valence-electron chi connectivity index (χ2n) is 3.29. The summed E-state index contributed by atoms with van der Waals surface area (Å²) in [5.74, 6) is 0. The summed E-state index contributed by atoms with van der Waals surface area (Å²) in [7, 11) is 0. The number of rotatable bonds is 2. The minimum atomic E-state index is 0.0251. The fourth-order valence-corrected chi connectivity index (χ4v) is 2.64. The Bertz CT molecular complexity index is 462. The van der Waals surface area contributed by atoms with Gasteiger partial charge in [0, 0.05) is 15.6 Å². The standard InChI is InChI=1S/C11H13NOS/c1-2-7-3-4-8-9(6-13)11(12)14-10(8)5-7/h3-5,13H,2,6,12H2,1H3. The number of aliphatic hydroxyl groups excluding tert-OH is 1. The average molecular weight is 207 g/mol. The molecule has 0 bridgehead atoms. The highest BCUT2D eigenvalue weighted by atomic mass is 32.1. The molecule has 1 aromatic heterocycles. The molecule has 0 atom stereocenters. The zero-order valence-corrected chi connectivity index (χ0v) is 8.90. The number of aryl methyl sites for hydroxylation is 1. The summed E-state index contributed by atoms with van der Waals surface area (Å²) in [6.45, 7) is 2.16. The van der Waals surface area contributed by atoms with Gasteiger partial charge in [0.1, 0.15) is 0 Å². The third kappa shape index (κ3) is 1.38. The Balaban J connectivity index is 2.68. The molecule has 2 rings (SSSR count). The van der Waals surface area contributed by atoms with E-state index in [4.69, 9.17) is 10.8 Å². The van der Waals surface area contributed by atoms with Crippen LogP contribution in [0.3, 0.4) is 0 Å². The molecule has 74 valence electrons. The second-order valence-corrected chi connectivity index (χ2v) is 4.37. The van der Waals surface area contributed by atoms with Gasteiger partial charge in [-0.15, -0.1) is 11.3 Å². The average Bonchev–Trinajstić information content (AvgIpc) is 2.51. The first-order valence-corrected chi connectivity index (χ1v) is 5.48. The van der Waals surface area contributed by atoms with E-state index in [1.54, 1.807) is 11.3 Å². The van der Waals surface area contributed by atoms with Crippen LogP contribution < -0.4 is 5.73 Å². The van der Waals surface area contributed by atoms with E-state index in [-0.39, 0.29) is 6.61 Å². The molecule has 2 nitrogen and oxygen atoms in total. The number of hydrogen-bond acceptors (Lipinski definition) is 3. The van der Waals surface area contributed by atoms with Gasteiger partial charge >= 0.3 is 0 Å². The van der Waals surface area contributed by atoms with Crippen molar-refractivity contribution in [2.45, 2.75) is 20.0 Å². The minimum absolute atomic E-state index is 0.0251. The first kappa shape index (κ1) is 9.49. The summed E-state index contributed by atoms with van der Waals surface area (Å²) in [6.07, 6.45) is 1.03. The van der Waals surface area contributed by atoms with Gasteiger partial charge in [-0.05, 0) is 18.1 Å². The molecular formula is C11H13NOS. The van der Waals surface area contributed by atoms with Crippen LogP contribution in [0, 0.1) is 0 Å². The van der Waals surface area contributed by atoms with Crippen molar-refractivity contribution in [1.29, 1.82) is 0 Å². The monoisotopic (exact) mass is 207 g/mol. The Morgan fingerprint density at radius 2 is 2.21 bits per heavy atom. The molecular weight excluding hydrogens is 194 g/mol. The lowest BCUT2D eigenvalue weighted by Crippen LogP contribution is -1.87. The van der Waals surface area contributed by atoms with Crippen molar-refractivity contribution in [1.82, 2.24) is 0 Å². The number of anilines is 1. The van der Waals surface area contributed by atoms with E-state index in [0.29, 0.717) is 0 Å². The van der Waals surface area contributed by atoms with Crippen molar-refractivity contribution in [3.05, 3.63) is 29.3 Å². The Hall–Kier alpha value is -1.06. The molecule has 0 saturated carbocycles. The fourth-order valence-electron chi connectivity index (χ4n) is 1.60. The number of nitrogens with two attached hydrogens (primary N) is 1. The summed E-state index contributed by atoms with van der Waals surface area (Å²) in [5.41, 5.74) is 7.99. The molecule has 1 aromatic carbocycles. The Morgan fingerprint density at radius 1 is 1.43 bits per heavy atom. The SMILES string of the molecule is CCc1ccc2c(CO)c(N)sc2c1. The number of hydrogen-bond donors (Lipinski definition) is 2. The van der Waals surface area contributed by atoms with Gasteiger partial charge in [-0.3, -0.25) is 0 Å². The van der Waals surface area contributed by atoms with E-state index >= 15 is 0 Å². The van der Waals surface area contributed by atoms with Crippen LogP contribution in [-0.2, 0) is 13.0 Å². The largest absolute Gasteiger partial charge is 0.392 e. The van der Waals surface area contributed by atoms with Crippen LogP contribution in [0.25, 0.3) is 10.1 Å². The lowest BCUT2D eigenvalue weighted by atomic mass is 10.1. The van der Waals surface area contributed by atoms with E-state index < -0.39 is 0 Å². The van der Waals surface area contributed by atoms with Gasteiger partial charge in [0.15, 0.2) is 0 Å². The maximum atomic E-state index is 9.16. The van der Waals surface area contributed by atoms with E-state index in [0.717, 1.165) is 22.4 Å². The van der Waals surface area contributed by atoms with Crippen LogP contribution in [-0.4, -0.2) is 5.11 Å². The molecule has 0 aliphatic rings. The first-order valence-electron chi connectivity index (χ1n) is 4.67. The maximum Gasteiger partial charge on any atom is 0.0924 e. The third-order valence-corrected chi connectivity index (χ3v) is 3.48. The van der Waals surface area contributed by atoms with E-state index in [9.17, 15) is 0 Å². The van der Waals surface area contributed by atoms with E-state index in [2.05, 4.69) is 19.1 Å². The van der Waals surface area contributed by atoms with Gasteiger partial charge < -0.3 is 10.8 Å². The van der Waals surface area contributed by atoms with E-state index in [1.165, 1.54) is 10.3 Å². The van der Waals surface area contributed by atoms with Crippen molar-refractivity contribution in [3.63, 3.8) is 0 Å². The number of benzene rings is 1. The van der Waals surface area contributed by atoms with Crippen molar-refractivity contribution >= 4 is 26.4 Å². The smallest absolute Gasteiger partial charge is 0.0924 e. The summed E-state index contributed by atoms with van der Waals surface area (Å²) >= 11 is 1.55. The molecule has 0 spiro atoms. The number of thiophene rings is 1. The van der Waals surface area contributed by atoms with Crippen LogP contribution in [0.1, 0.15) is 18.1 Å². The molecule has 3 heteroatoms. The highest BCUT2D eigenvalue weighted by Gasteiger charge is 2.08. The van der Waals surface area contributed by atoms with Crippen LogP contribution in [0.5, 0.6) is 0 Å². The van der Waals surface area contributed by atoms with Gasteiger partial charge in [-0.25, -0.2) is 0 Å². The highest BCUT2D eigenvalue weighted by molar-refractivity contribution is 7.22. The molecule has 0 radical (unpaired) electrons. The minimum Gasteiger partial charge on any atom is -0.392 e. The Kier molecular flexibility index (Phi) is 2.44. The lowest BCUT2D eigenvalue weighted by molar-refractivity contribution is 0.284. The summed E-state index contributed by atoms with van der Waals surface area (Å²) in [4.78, 5) is 0. The fraction of sp³-hybridized carbons (Fsp3) is 0.273. The van der Waals surface area contributed by atoms with Crippen molar-refractivity contribution in [2.24, 2.45) is 0 Å². The molecule has 0 amide bonds. The third-order valence-electron chi connectivity index (χ3n) is 2.45. The molecule has 0 aliphatic carbocycles. The van der Waals surface area contributed by atoms with Crippen LogP contribution in [0.4, 0.5) is 5.00 Å². The van der Waals surface area contributed by atoms with Crippen molar-refractivity contribution in [3.8, 4) is 0 Å². The predicted molar refractivity (Wildman–Crippen MR) is 61.5 cm³/mol. The van der Waals surface area contributed by atoms with Gasteiger partial charge in [-0.2, -0.15) is 0 Å². The van der Waals surface area contributed by atoms with Gasteiger partial charge in [0.05, 0.1) is 11.6 Å². The van der Waals surface area contributed by atoms with Crippen LogP contribution >= 0.6 is 11.3 Å². The Labute approximate surface area is 87.0 Å². The molecule has 1 heterocycles. The Morgan fingerprint density at radius 3 is 2.86 bits per heavy atom. The topological polar surface area (TPSA) is 46.2 Å². The number of nitrogen functional groups attached to an aromatic ring is 1. The summed E-state index contributed by atoms with van der Waals surface area (Å²) in [5, 5.41) is 11.0. The number of fused-ring (bicyclic) bond motifs is 1. The van der Waals surface area contributed by atoms with Crippen LogP contribution in [0.15, 0.2) is 18.2 Å². The molecule has 0 unspecified atom stereocenters. The molecule has 2 aromatic rings. The summed E-state index contributed by atoms with van der Waals surface area (Å²) in [6, 6.07) is 6.29. The van der Waals surface area contributed by atoms with Gasteiger partial charge in [0.25, 0.3) is 0 Å². The predicted octanol–water partition coefficient (Wildman–Crippen LogP) is 2.54. The van der Waals surface area contributed by atoms with Crippen LogP contribution in [0.2, 0.25) is 0 Å². The maximum absolute atomic E-state index is 9.16. The molecule has 0 saturated heterocycles. The zero-order valence-electron chi connectivity index (χ0n) is 8.08. The first-order chi connectivity index (χ1) is 6.76. The quantitative estimate of drug-likeness (QED) is 0.795.